The third kappa shape index (κ3) is 4.39. The monoisotopic (exact) mass is 316 g/mol. The van der Waals surface area contributed by atoms with E-state index in [0.717, 1.165) is 12.1 Å². The number of para-hydroxylation sites is 1. The quantitative estimate of drug-likeness (QED) is 0.619. The van der Waals surface area contributed by atoms with Crippen molar-refractivity contribution in [2.24, 2.45) is 0 Å². The maximum absolute atomic E-state index is 12.3. The highest BCUT2D eigenvalue weighted by Gasteiger charge is 2.33. The van der Waals surface area contributed by atoms with Crippen LogP contribution in [0.5, 0.6) is 11.5 Å². The van der Waals surface area contributed by atoms with Crippen molar-refractivity contribution in [3.63, 3.8) is 0 Å². The van der Waals surface area contributed by atoms with Crippen LogP contribution in [-0.2, 0) is 0 Å². The van der Waals surface area contributed by atoms with Gasteiger partial charge in [0.05, 0.1) is 0 Å². The number of alkyl halides is 3. The largest absolute Gasteiger partial charge is 0.573 e. The topological polar surface area (TPSA) is 35.5 Å². The molecule has 0 aliphatic rings. The first-order valence-electron chi connectivity index (χ1n) is 5.68. The molecule has 0 unspecified atom stereocenters. The molecule has 2 aromatic carbocycles. The van der Waals surface area contributed by atoms with Crippen LogP contribution in [0.1, 0.15) is 10.4 Å². The molecule has 0 saturated heterocycles. The molecule has 0 fully saturated rings. The van der Waals surface area contributed by atoms with Gasteiger partial charge in [-0.05, 0) is 24.3 Å². The highest BCUT2D eigenvalue weighted by Crippen LogP contribution is 2.30. The van der Waals surface area contributed by atoms with Crippen LogP contribution >= 0.6 is 11.6 Å². The molecule has 0 heterocycles. The average Bonchev–Trinajstić information content (AvgIpc) is 2.37. The van der Waals surface area contributed by atoms with E-state index in [1.54, 1.807) is 18.2 Å². The van der Waals surface area contributed by atoms with E-state index < -0.39 is 18.1 Å². The molecule has 110 valence electrons. The van der Waals surface area contributed by atoms with E-state index >= 15 is 0 Å². The number of halogens is 4. The summed E-state index contributed by atoms with van der Waals surface area (Å²) in [5.74, 6) is -1.48. The predicted molar refractivity (Wildman–Crippen MR) is 69.5 cm³/mol. The van der Waals surface area contributed by atoms with E-state index in [1.807, 2.05) is 0 Å². The Bertz CT molecular complexity index is 642. The first-order chi connectivity index (χ1) is 9.85. The van der Waals surface area contributed by atoms with Gasteiger partial charge in [-0.15, -0.1) is 13.2 Å². The fraction of sp³-hybridized carbons (Fsp3) is 0.0714. The minimum absolute atomic E-state index is 0.00510. The standard InChI is InChI=1S/C14H8ClF3O3/c15-9-6-7-11(12(8-9)21-14(16,17)18)13(19)20-10-4-2-1-3-5-10/h1-8H. The van der Waals surface area contributed by atoms with Gasteiger partial charge in [0.15, 0.2) is 0 Å². The Hall–Kier alpha value is -2.21. The summed E-state index contributed by atoms with van der Waals surface area (Å²) in [5, 5.41) is 0.00510. The van der Waals surface area contributed by atoms with E-state index in [1.165, 1.54) is 18.2 Å². The molecule has 0 bridgehead atoms. The molecule has 0 saturated carbocycles. The number of esters is 1. The summed E-state index contributed by atoms with van der Waals surface area (Å²) < 4.78 is 45.7. The molecule has 0 amide bonds. The van der Waals surface area contributed by atoms with Crippen LogP contribution in [0, 0.1) is 0 Å². The fourth-order valence-electron chi connectivity index (χ4n) is 1.52. The van der Waals surface area contributed by atoms with Gasteiger partial charge in [0, 0.05) is 11.1 Å². The Kier molecular flexibility index (Phi) is 4.37. The van der Waals surface area contributed by atoms with Crippen LogP contribution in [0.4, 0.5) is 13.2 Å². The summed E-state index contributed by atoms with van der Waals surface area (Å²) in [5.41, 5.74) is -0.374. The SMILES string of the molecule is O=C(Oc1ccccc1)c1ccc(Cl)cc1OC(F)(F)F. The number of carbonyl (C=O) groups is 1. The van der Waals surface area contributed by atoms with Crippen LogP contribution < -0.4 is 9.47 Å². The van der Waals surface area contributed by atoms with Crippen molar-refractivity contribution in [1.29, 1.82) is 0 Å². The zero-order chi connectivity index (χ0) is 15.5. The third-order valence-electron chi connectivity index (χ3n) is 2.34. The molecular weight excluding hydrogens is 309 g/mol. The van der Waals surface area contributed by atoms with Gasteiger partial charge in [-0.2, -0.15) is 0 Å². The van der Waals surface area contributed by atoms with Gasteiger partial charge in [-0.1, -0.05) is 29.8 Å². The van der Waals surface area contributed by atoms with Crippen molar-refractivity contribution in [2.45, 2.75) is 6.36 Å². The molecule has 0 N–H and O–H groups in total. The second kappa shape index (κ2) is 6.05. The van der Waals surface area contributed by atoms with Crippen LogP contribution in [0.15, 0.2) is 48.5 Å². The molecule has 0 atom stereocenters. The highest BCUT2D eigenvalue weighted by molar-refractivity contribution is 6.30. The summed E-state index contributed by atoms with van der Waals surface area (Å²) in [7, 11) is 0. The summed E-state index contributed by atoms with van der Waals surface area (Å²) >= 11 is 5.61. The number of ether oxygens (including phenoxy) is 2. The molecule has 0 aromatic heterocycles. The second-order valence-electron chi connectivity index (χ2n) is 3.89. The van der Waals surface area contributed by atoms with Gasteiger partial charge < -0.3 is 9.47 Å². The minimum Gasteiger partial charge on any atom is -0.423 e. The van der Waals surface area contributed by atoms with Crippen LogP contribution in [0.25, 0.3) is 0 Å². The van der Waals surface area contributed by atoms with E-state index in [4.69, 9.17) is 16.3 Å². The number of hydrogen-bond donors (Lipinski definition) is 0. The van der Waals surface area contributed by atoms with Gasteiger partial charge in [-0.3, -0.25) is 0 Å². The molecule has 7 heteroatoms. The molecule has 3 nitrogen and oxygen atoms in total. The second-order valence-corrected chi connectivity index (χ2v) is 4.33. The van der Waals surface area contributed by atoms with Gasteiger partial charge in [-0.25, -0.2) is 4.79 Å². The first kappa shape index (κ1) is 15.2. The molecule has 0 spiro atoms. The van der Waals surface area contributed by atoms with Gasteiger partial charge in [0.25, 0.3) is 0 Å². The van der Waals surface area contributed by atoms with Crippen molar-refractivity contribution >= 4 is 17.6 Å². The Balaban J connectivity index is 2.28. The molecule has 0 radical (unpaired) electrons. The maximum atomic E-state index is 12.3. The Labute approximate surface area is 122 Å². The molecule has 0 aliphatic carbocycles. The van der Waals surface area contributed by atoms with Crippen LogP contribution in [0.3, 0.4) is 0 Å². The number of rotatable bonds is 3. The van der Waals surface area contributed by atoms with Crippen molar-refractivity contribution in [3.05, 3.63) is 59.1 Å². The molecule has 0 aliphatic heterocycles. The fourth-order valence-corrected chi connectivity index (χ4v) is 1.69. The normalized spacial score (nSPS) is 11.0. The lowest BCUT2D eigenvalue weighted by molar-refractivity contribution is -0.274. The van der Waals surface area contributed by atoms with E-state index in [9.17, 15) is 18.0 Å². The van der Waals surface area contributed by atoms with E-state index in [2.05, 4.69) is 4.74 Å². The van der Waals surface area contributed by atoms with Crippen LogP contribution in [-0.4, -0.2) is 12.3 Å². The van der Waals surface area contributed by atoms with E-state index in [0.29, 0.717) is 0 Å². The molecule has 2 rings (SSSR count). The predicted octanol–water partition coefficient (Wildman–Crippen LogP) is 4.46. The summed E-state index contributed by atoms with van der Waals surface area (Å²) in [4.78, 5) is 11.9. The Morgan fingerprint density at radius 2 is 1.71 bits per heavy atom. The maximum Gasteiger partial charge on any atom is 0.573 e. The number of hydrogen-bond acceptors (Lipinski definition) is 3. The zero-order valence-corrected chi connectivity index (χ0v) is 11.1. The zero-order valence-electron chi connectivity index (χ0n) is 10.4. The van der Waals surface area contributed by atoms with Gasteiger partial charge in [0.2, 0.25) is 0 Å². The Morgan fingerprint density at radius 3 is 2.33 bits per heavy atom. The first-order valence-corrected chi connectivity index (χ1v) is 6.05. The van der Waals surface area contributed by atoms with Crippen molar-refractivity contribution in [1.82, 2.24) is 0 Å². The average molecular weight is 317 g/mol. The lowest BCUT2D eigenvalue weighted by atomic mass is 10.2. The summed E-state index contributed by atoms with van der Waals surface area (Å²) in [6.45, 7) is 0. The van der Waals surface area contributed by atoms with E-state index in [-0.39, 0.29) is 16.3 Å². The Morgan fingerprint density at radius 1 is 1.05 bits per heavy atom. The molecule has 2 aromatic rings. The number of benzene rings is 2. The minimum atomic E-state index is -4.94. The van der Waals surface area contributed by atoms with Crippen LogP contribution in [0.2, 0.25) is 5.02 Å². The van der Waals surface area contributed by atoms with Crippen molar-refractivity contribution in [2.75, 3.05) is 0 Å². The third-order valence-corrected chi connectivity index (χ3v) is 2.58. The molecule has 21 heavy (non-hydrogen) atoms. The summed E-state index contributed by atoms with van der Waals surface area (Å²) in [6, 6.07) is 11.2. The highest BCUT2D eigenvalue weighted by atomic mass is 35.5. The lowest BCUT2D eigenvalue weighted by Gasteiger charge is -2.13. The smallest absolute Gasteiger partial charge is 0.423 e. The molecular formula is C14H8ClF3O3. The van der Waals surface area contributed by atoms with Gasteiger partial charge in [0.1, 0.15) is 17.1 Å². The summed E-state index contributed by atoms with van der Waals surface area (Å²) in [6.07, 6.45) is -4.94. The lowest BCUT2D eigenvalue weighted by Crippen LogP contribution is -2.20. The van der Waals surface area contributed by atoms with Crippen molar-refractivity contribution < 1.29 is 27.4 Å². The van der Waals surface area contributed by atoms with Gasteiger partial charge >= 0.3 is 12.3 Å². The van der Waals surface area contributed by atoms with Crippen molar-refractivity contribution in [3.8, 4) is 11.5 Å². The number of carbonyl (C=O) groups excluding carboxylic acids is 1.